The molecule has 2 nitrogen and oxygen atoms in total. The van der Waals surface area contributed by atoms with Gasteiger partial charge in [-0.25, -0.2) is 0 Å². The number of aryl methyl sites for hydroxylation is 3. The topological polar surface area (TPSA) is 34.1 Å². The minimum absolute atomic E-state index is 0.175. The summed E-state index contributed by atoms with van der Waals surface area (Å²) in [6.07, 6.45) is -10.5. The van der Waals surface area contributed by atoms with Gasteiger partial charge in [-0.15, -0.1) is 0 Å². The normalized spacial score (nSPS) is 12.5. The number of carbonyl (C=O) groups excluding carboxylic acids is 2. The van der Waals surface area contributed by atoms with E-state index in [0.29, 0.717) is 11.6 Å². The minimum atomic E-state index is -5.27. The lowest BCUT2D eigenvalue weighted by molar-refractivity contribution is -0.0885. The van der Waals surface area contributed by atoms with E-state index in [4.69, 9.17) is 0 Å². The lowest BCUT2D eigenvalue weighted by atomic mass is 9.97. The fraction of sp³-hybridized carbons (Fsp3) is 0.294. The second kappa shape index (κ2) is 5.86. The summed E-state index contributed by atoms with van der Waals surface area (Å²) in [4.78, 5) is 23.4. The predicted octanol–water partition coefficient (Wildman–Crippen LogP) is 5.21. The average molecular weight is 362 g/mol. The Morgan fingerprint density at radius 3 is 1.28 bits per heavy atom. The largest absolute Gasteiger partial charge is 0.454 e. The lowest BCUT2D eigenvalue weighted by Gasteiger charge is -2.09. The van der Waals surface area contributed by atoms with Crippen molar-refractivity contribution in [3.8, 4) is 11.1 Å². The third kappa shape index (κ3) is 3.38. The van der Waals surface area contributed by atoms with Crippen molar-refractivity contribution < 1.29 is 35.9 Å². The summed E-state index contributed by atoms with van der Waals surface area (Å²) in [7, 11) is 0. The molecule has 2 aliphatic rings. The third-order valence-corrected chi connectivity index (χ3v) is 3.76. The summed E-state index contributed by atoms with van der Waals surface area (Å²) in [5.74, 6) is -4.57. The third-order valence-electron chi connectivity index (χ3n) is 3.76. The van der Waals surface area contributed by atoms with Gasteiger partial charge in [0.2, 0.25) is 0 Å². The molecule has 0 atom stereocenters. The molecule has 0 unspecified atom stereocenters. The fourth-order valence-corrected chi connectivity index (χ4v) is 2.91. The van der Waals surface area contributed by atoms with Crippen LogP contribution in [0.15, 0.2) is 18.2 Å². The van der Waals surface area contributed by atoms with Crippen molar-refractivity contribution >= 4 is 11.6 Å². The Morgan fingerprint density at radius 2 is 1.00 bits per heavy atom. The average Bonchev–Trinajstić information content (AvgIpc) is 2.78. The van der Waals surface area contributed by atoms with Crippen LogP contribution in [0, 0.1) is 20.8 Å². The Morgan fingerprint density at radius 1 is 0.680 bits per heavy atom. The maximum Gasteiger partial charge on any atom is 0.454 e. The predicted molar refractivity (Wildman–Crippen MR) is 78.0 cm³/mol. The van der Waals surface area contributed by atoms with E-state index in [-0.39, 0.29) is 22.3 Å². The molecule has 2 aliphatic carbocycles. The highest BCUT2D eigenvalue weighted by Gasteiger charge is 2.46. The first-order valence-corrected chi connectivity index (χ1v) is 7.02. The van der Waals surface area contributed by atoms with E-state index in [1.54, 1.807) is 6.92 Å². The molecule has 8 heteroatoms. The number of halogens is 6. The molecule has 0 aliphatic heterocycles. The zero-order valence-electron chi connectivity index (χ0n) is 13.3. The van der Waals surface area contributed by atoms with E-state index in [0.717, 1.165) is 0 Å². The number of rotatable bonds is 2. The van der Waals surface area contributed by atoms with Gasteiger partial charge in [-0.1, -0.05) is 17.7 Å². The number of ketones is 2. The van der Waals surface area contributed by atoms with Gasteiger partial charge in [0.15, 0.2) is 0 Å². The first-order valence-electron chi connectivity index (χ1n) is 7.02. The van der Waals surface area contributed by atoms with Crippen LogP contribution in [-0.2, 0) is 0 Å². The van der Waals surface area contributed by atoms with Crippen LogP contribution in [0.25, 0.3) is 11.1 Å². The highest BCUT2D eigenvalue weighted by atomic mass is 19.4. The molecule has 0 saturated heterocycles. The van der Waals surface area contributed by atoms with Crippen LogP contribution in [0.5, 0.6) is 0 Å². The Balaban J connectivity index is 2.95. The Labute approximate surface area is 138 Å². The van der Waals surface area contributed by atoms with Gasteiger partial charge < -0.3 is 0 Å². The van der Waals surface area contributed by atoms with Crippen molar-refractivity contribution in [1.82, 2.24) is 0 Å². The molecule has 134 valence electrons. The molecule has 0 radical (unpaired) electrons. The summed E-state index contributed by atoms with van der Waals surface area (Å²) >= 11 is 0. The van der Waals surface area contributed by atoms with Crippen molar-refractivity contribution in [2.24, 2.45) is 0 Å². The molecule has 0 aromatic carbocycles. The van der Waals surface area contributed by atoms with Gasteiger partial charge in [-0.2, -0.15) is 26.3 Å². The quantitative estimate of drug-likeness (QED) is 0.543. The van der Waals surface area contributed by atoms with Crippen molar-refractivity contribution in [2.45, 2.75) is 33.1 Å². The number of alkyl halides is 6. The van der Waals surface area contributed by atoms with Crippen molar-refractivity contribution in [2.75, 3.05) is 0 Å². The van der Waals surface area contributed by atoms with Crippen molar-refractivity contribution in [1.29, 1.82) is 0 Å². The molecule has 0 bridgehead atoms. The monoisotopic (exact) mass is 362 g/mol. The second-order valence-electron chi connectivity index (χ2n) is 5.77. The molecular weight excluding hydrogens is 350 g/mol. The standard InChI is InChI=1S/C17H12F6O2/c1-7-4-8(2)12-10(14(24)16(18,19)20)6-11(13(12)9(3)5-7)15(25)17(21,22)23/h4-6H,1-3H3. The van der Waals surface area contributed by atoms with Crippen LogP contribution in [-0.4, -0.2) is 23.9 Å². The van der Waals surface area contributed by atoms with Crippen molar-refractivity contribution in [3.05, 3.63) is 46.0 Å². The van der Waals surface area contributed by atoms with E-state index >= 15 is 0 Å². The van der Waals surface area contributed by atoms with Gasteiger partial charge in [-0.05, 0) is 49.1 Å². The number of Topliss-reactive ketones (excluding diaryl/α,β-unsaturated/α-hetero) is 2. The number of hydrogen-bond donors (Lipinski definition) is 0. The number of carbonyl (C=O) groups is 2. The number of hydrogen-bond acceptors (Lipinski definition) is 2. The summed E-state index contributed by atoms with van der Waals surface area (Å²) in [5.41, 5.74) is -1.57. The Bertz CT molecular complexity index is 779. The van der Waals surface area contributed by atoms with Gasteiger partial charge in [0.25, 0.3) is 11.6 Å². The second-order valence-corrected chi connectivity index (χ2v) is 5.77. The highest BCUT2D eigenvalue weighted by Crippen LogP contribution is 2.42. The lowest BCUT2D eigenvalue weighted by Crippen LogP contribution is -2.23. The molecule has 0 saturated carbocycles. The van der Waals surface area contributed by atoms with E-state index < -0.39 is 35.0 Å². The molecular formula is C17H12F6O2. The van der Waals surface area contributed by atoms with E-state index in [1.165, 1.54) is 26.0 Å². The van der Waals surface area contributed by atoms with Gasteiger partial charge in [0.1, 0.15) is 0 Å². The molecule has 0 spiro atoms. The van der Waals surface area contributed by atoms with Gasteiger partial charge in [-0.3, -0.25) is 9.59 Å². The van der Waals surface area contributed by atoms with E-state index in [9.17, 15) is 35.9 Å². The molecule has 0 heterocycles. The molecule has 0 fully saturated rings. The van der Waals surface area contributed by atoms with E-state index in [1.807, 2.05) is 0 Å². The van der Waals surface area contributed by atoms with Gasteiger partial charge in [0, 0.05) is 11.1 Å². The van der Waals surface area contributed by atoms with Crippen LogP contribution in [0.2, 0.25) is 0 Å². The zero-order chi connectivity index (χ0) is 19.3. The van der Waals surface area contributed by atoms with Gasteiger partial charge in [0.05, 0.1) is 0 Å². The van der Waals surface area contributed by atoms with E-state index in [2.05, 4.69) is 0 Å². The fourth-order valence-electron chi connectivity index (χ4n) is 2.91. The summed E-state index contributed by atoms with van der Waals surface area (Å²) in [6.45, 7) is 4.36. The first-order chi connectivity index (χ1) is 11.2. The molecule has 0 amide bonds. The molecule has 2 rings (SSSR count). The molecule has 25 heavy (non-hydrogen) atoms. The Kier molecular flexibility index (Phi) is 4.44. The van der Waals surface area contributed by atoms with Gasteiger partial charge >= 0.3 is 12.4 Å². The molecule has 0 aromatic rings. The van der Waals surface area contributed by atoms with Crippen LogP contribution in [0.4, 0.5) is 26.3 Å². The Hall–Kier alpha value is -2.38. The first kappa shape index (κ1) is 19.0. The van der Waals surface area contributed by atoms with Crippen LogP contribution < -0.4 is 0 Å². The molecule has 0 aromatic heterocycles. The smallest absolute Gasteiger partial charge is 0.284 e. The SMILES string of the molecule is Cc1cc(C)c2c(C(=O)C(F)(F)F)cc(C(=O)C(F)(F)F)c-2c(C)c1. The van der Waals surface area contributed by atoms with Crippen LogP contribution in [0.1, 0.15) is 37.4 Å². The molecule has 0 N–H and O–H groups in total. The number of fused-ring (bicyclic) bond motifs is 1. The summed E-state index contributed by atoms with van der Waals surface area (Å²) in [5, 5.41) is 0. The zero-order valence-corrected chi connectivity index (χ0v) is 13.3. The summed E-state index contributed by atoms with van der Waals surface area (Å²) in [6, 6.07) is 3.29. The van der Waals surface area contributed by atoms with Crippen molar-refractivity contribution in [3.63, 3.8) is 0 Å². The maximum atomic E-state index is 12.9. The minimum Gasteiger partial charge on any atom is -0.284 e. The summed E-state index contributed by atoms with van der Waals surface area (Å²) < 4.78 is 77.1. The van der Waals surface area contributed by atoms with Crippen LogP contribution >= 0.6 is 0 Å². The highest BCUT2D eigenvalue weighted by molar-refractivity contribution is 6.15. The van der Waals surface area contributed by atoms with Crippen LogP contribution in [0.3, 0.4) is 0 Å². The maximum absolute atomic E-state index is 12.9.